The predicted molar refractivity (Wildman–Crippen MR) is 90.8 cm³/mol. The average molecular weight is 321 g/mol. The molecule has 6 heteroatoms. The van der Waals surface area contributed by atoms with Crippen LogP contribution in [0.5, 0.6) is 0 Å². The summed E-state index contributed by atoms with van der Waals surface area (Å²) in [6, 6.07) is 12.8. The van der Waals surface area contributed by atoms with Crippen molar-refractivity contribution in [3.63, 3.8) is 0 Å². The molecule has 1 aromatic carbocycles. The van der Waals surface area contributed by atoms with Crippen molar-refractivity contribution in [3.05, 3.63) is 47.7 Å². The van der Waals surface area contributed by atoms with Crippen LogP contribution in [-0.2, 0) is 0 Å². The molecule has 0 spiro atoms. The number of nitriles is 1. The third kappa shape index (κ3) is 4.07. The summed E-state index contributed by atoms with van der Waals surface area (Å²) >= 11 is 0. The second-order valence-corrected chi connectivity index (χ2v) is 5.93. The number of benzene rings is 1. The summed E-state index contributed by atoms with van der Waals surface area (Å²) in [5, 5.41) is 22.9. The molecule has 1 heterocycles. The van der Waals surface area contributed by atoms with Gasteiger partial charge in [0.2, 0.25) is 0 Å². The Kier molecular flexibility index (Phi) is 5.02. The van der Waals surface area contributed by atoms with Gasteiger partial charge < -0.3 is 10.6 Å². The Morgan fingerprint density at radius 3 is 2.42 bits per heavy atom. The summed E-state index contributed by atoms with van der Waals surface area (Å²) < 4.78 is 0. The minimum absolute atomic E-state index is 0.167. The van der Waals surface area contributed by atoms with E-state index in [1.54, 1.807) is 36.4 Å². The van der Waals surface area contributed by atoms with E-state index in [4.69, 9.17) is 5.26 Å². The summed E-state index contributed by atoms with van der Waals surface area (Å²) in [4.78, 5) is 12.2. The summed E-state index contributed by atoms with van der Waals surface area (Å²) in [5.74, 6) is 0.383. The van der Waals surface area contributed by atoms with Crippen molar-refractivity contribution in [2.45, 2.75) is 38.1 Å². The summed E-state index contributed by atoms with van der Waals surface area (Å²) in [6.07, 6.45) is 5.67. The molecular formula is C18H19N5O. The molecule has 0 atom stereocenters. The minimum atomic E-state index is -0.167. The van der Waals surface area contributed by atoms with Crippen molar-refractivity contribution in [2.24, 2.45) is 0 Å². The molecule has 0 aliphatic heterocycles. The molecule has 2 aromatic rings. The van der Waals surface area contributed by atoms with Gasteiger partial charge in [-0.2, -0.15) is 5.26 Å². The van der Waals surface area contributed by atoms with Gasteiger partial charge in [-0.05, 0) is 49.2 Å². The molecule has 0 radical (unpaired) electrons. The maximum absolute atomic E-state index is 12.2. The largest absolute Gasteiger partial charge is 0.348 e. The topological polar surface area (TPSA) is 90.7 Å². The van der Waals surface area contributed by atoms with Crippen molar-refractivity contribution in [1.82, 2.24) is 15.5 Å². The number of aromatic nitrogens is 2. The average Bonchev–Trinajstić information content (AvgIpc) is 2.64. The highest BCUT2D eigenvalue weighted by molar-refractivity contribution is 5.92. The quantitative estimate of drug-likeness (QED) is 0.902. The van der Waals surface area contributed by atoms with Gasteiger partial charge in [0, 0.05) is 11.7 Å². The molecule has 0 bridgehead atoms. The first-order valence-corrected chi connectivity index (χ1v) is 8.16. The standard InChI is InChI=1S/C18H19N5O/c19-12-13-6-8-15(9-7-13)20-17-11-10-16(22-23-17)18(24)21-14-4-2-1-3-5-14/h6-11,14H,1-5H2,(H,20,23)(H,21,24). The van der Waals surface area contributed by atoms with E-state index >= 15 is 0 Å². The molecule has 1 fully saturated rings. The van der Waals surface area contributed by atoms with E-state index in [0.29, 0.717) is 17.1 Å². The van der Waals surface area contributed by atoms with E-state index in [0.717, 1.165) is 18.5 Å². The first kappa shape index (κ1) is 15.9. The maximum Gasteiger partial charge on any atom is 0.272 e. The number of nitrogens with one attached hydrogen (secondary N) is 2. The molecule has 122 valence electrons. The molecule has 1 aromatic heterocycles. The molecule has 2 N–H and O–H groups in total. The smallest absolute Gasteiger partial charge is 0.272 e. The van der Waals surface area contributed by atoms with Crippen LogP contribution in [0.2, 0.25) is 0 Å². The predicted octanol–water partition coefficient (Wildman–Crippen LogP) is 3.15. The van der Waals surface area contributed by atoms with Gasteiger partial charge >= 0.3 is 0 Å². The van der Waals surface area contributed by atoms with Crippen molar-refractivity contribution in [1.29, 1.82) is 5.26 Å². The normalized spacial score (nSPS) is 14.6. The Morgan fingerprint density at radius 1 is 1.04 bits per heavy atom. The Labute approximate surface area is 140 Å². The molecular weight excluding hydrogens is 302 g/mol. The van der Waals surface area contributed by atoms with Crippen molar-refractivity contribution in [3.8, 4) is 6.07 Å². The number of hydrogen-bond donors (Lipinski definition) is 2. The molecule has 0 unspecified atom stereocenters. The van der Waals surface area contributed by atoms with Gasteiger partial charge in [-0.15, -0.1) is 10.2 Å². The highest BCUT2D eigenvalue weighted by atomic mass is 16.2. The number of rotatable bonds is 4. The van der Waals surface area contributed by atoms with Crippen LogP contribution in [0.1, 0.15) is 48.2 Å². The Bertz CT molecular complexity index is 727. The molecule has 1 aliphatic carbocycles. The Hall–Kier alpha value is -2.94. The van der Waals surface area contributed by atoms with Gasteiger partial charge in [-0.1, -0.05) is 19.3 Å². The zero-order valence-electron chi connectivity index (χ0n) is 13.3. The second kappa shape index (κ2) is 7.55. The lowest BCUT2D eigenvalue weighted by Gasteiger charge is -2.22. The van der Waals surface area contributed by atoms with Crippen molar-refractivity contribution >= 4 is 17.4 Å². The number of amides is 1. The minimum Gasteiger partial charge on any atom is -0.348 e. The molecule has 0 saturated heterocycles. The lowest BCUT2D eigenvalue weighted by Crippen LogP contribution is -2.36. The zero-order chi connectivity index (χ0) is 16.8. The third-order valence-corrected chi connectivity index (χ3v) is 4.12. The summed E-state index contributed by atoms with van der Waals surface area (Å²) in [5.41, 5.74) is 1.73. The van der Waals surface area contributed by atoms with E-state index in [2.05, 4.69) is 26.9 Å². The number of anilines is 2. The van der Waals surface area contributed by atoms with E-state index in [-0.39, 0.29) is 11.9 Å². The number of carbonyl (C=O) groups excluding carboxylic acids is 1. The van der Waals surface area contributed by atoms with Gasteiger partial charge in [0.1, 0.15) is 0 Å². The van der Waals surface area contributed by atoms with Crippen LogP contribution in [-0.4, -0.2) is 22.1 Å². The number of nitrogens with zero attached hydrogens (tertiary/aromatic N) is 3. The Morgan fingerprint density at radius 2 is 1.79 bits per heavy atom. The van der Waals surface area contributed by atoms with Gasteiger partial charge in [-0.25, -0.2) is 0 Å². The zero-order valence-corrected chi connectivity index (χ0v) is 13.3. The van der Waals surface area contributed by atoms with Crippen LogP contribution >= 0.6 is 0 Å². The van der Waals surface area contributed by atoms with Gasteiger partial charge in [-0.3, -0.25) is 4.79 Å². The highest BCUT2D eigenvalue weighted by Crippen LogP contribution is 2.18. The molecule has 6 nitrogen and oxygen atoms in total. The van der Waals surface area contributed by atoms with Crippen molar-refractivity contribution < 1.29 is 4.79 Å². The monoisotopic (exact) mass is 321 g/mol. The SMILES string of the molecule is N#Cc1ccc(Nc2ccc(C(=O)NC3CCCCC3)nn2)cc1. The fourth-order valence-corrected chi connectivity index (χ4v) is 2.80. The van der Waals surface area contributed by atoms with Gasteiger partial charge in [0.25, 0.3) is 5.91 Å². The Balaban J connectivity index is 1.59. The fraction of sp³-hybridized carbons (Fsp3) is 0.333. The van der Waals surface area contributed by atoms with Crippen LogP contribution in [0.15, 0.2) is 36.4 Å². The fourth-order valence-electron chi connectivity index (χ4n) is 2.80. The van der Waals surface area contributed by atoms with Crippen LogP contribution in [0.4, 0.5) is 11.5 Å². The lowest BCUT2D eigenvalue weighted by molar-refractivity contribution is 0.0921. The van der Waals surface area contributed by atoms with Crippen molar-refractivity contribution in [2.75, 3.05) is 5.32 Å². The first-order chi connectivity index (χ1) is 11.7. The lowest BCUT2D eigenvalue weighted by atomic mass is 9.95. The van der Waals surface area contributed by atoms with Gasteiger partial charge in [0.05, 0.1) is 11.6 Å². The summed E-state index contributed by atoms with van der Waals surface area (Å²) in [7, 11) is 0. The second-order valence-electron chi connectivity index (χ2n) is 5.93. The van der Waals surface area contributed by atoms with E-state index < -0.39 is 0 Å². The van der Waals surface area contributed by atoms with Crippen LogP contribution < -0.4 is 10.6 Å². The molecule has 1 amide bonds. The molecule has 24 heavy (non-hydrogen) atoms. The van der Waals surface area contributed by atoms with Crippen LogP contribution in [0, 0.1) is 11.3 Å². The molecule has 1 aliphatic rings. The van der Waals surface area contributed by atoms with Crippen LogP contribution in [0.3, 0.4) is 0 Å². The summed E-state index contributed by atoms with van der Waals surface area (Å²) in [6.45, 7) is 0. The highest BCUT2D eigenvalue weighted by Gasteiger charge is 2.17. The van der Waals surface area contributed by atoms with E-state index in [9.17, 15) is 4.79 Å². The third-order valence-electron chi connectivity index (χ3n) is 4.12. The molecule has 3 rings (SSSR count). The van der Waals surface area contributed by atoms with E-state index in [1.807, 2.05) is 0 Å². The molecule has 1 saturated carbocycles. The number of carbonyl (C=O) groups is 1. The first-order valence-electron chi connectivity index (χ1n) is 8.16. The van der Waals surface area contributed by atoms with Gasteiger partial charge in [0.15, 0.2) is 11.5 Å². The van der Waals surface area contributed by atoms with Crippen LogP contribution in [0.25, 0.3) is 0 Å². The number of hydrogen-bond acceptors (Lipinski definition) is 5. The van der Waals surface area contributed by atoms with E-state index in [1.165, 1.54) is 19.3 Å². The maximum atomic E-state index is 12.2.